The zero-order valence-corrected chi connectivity index (χ0v) is 12.0. The normalized spacial score (nSPS) is 10.2. The summed E-state index contributed by atoms with van der Waals surface area (Å²) >= 11 is 0. The van der Waals surface area contributed by atoms with Crippen molar-refractivity contribution in [1.29, 1.82) is 0 Å². The van der Waals surface area contributed by atoms with Crippen LogP contribution in [0.5, 0.6) is 0 Å². The van der Waals surface area contributed by atoms with Gasteiger partial charge in [-0.3, -0.25) is 4.79 Å². The van der Waals surface area contributed by atoms with Crippen molar-refractivity contribution in [2.75, 3.05) is 24.3 Å². The molecule has 1 heterocycles. The fourth-order valence-corrected chi connectivity index (χ4v) is 1.98. The van der Waals surface area contributed by atoms with E-state index in [9.17, 15) is 4.79 Å². The molecule has 0 atom stereocenters. The fourth-order valence-electron chi connectivity index (χ4n) is 1.98. The number of aromatic nitrogens is 1. The first kappa shape index (κ1) is 15.0. The van der Waals surface area contributed by atoms with E-state index in [1.54, 1.807) is 25.2 Å². The summed E-state index contributed by atoms with van der Waals surface area (Å²) in [5.41, 5.74) is 2.17. The number of carbonyl (C=O) groups excluding carboxylic acids is 1. The molecule has 0 saturated heterocycles. The lowest BCUT2D eigenvalue weighted by Crippen LogP contribution is -2.14. The van der Waals surface area contributed by atoms with Crippen LogP contribution in [0.15, 0.2) is 42.5 Å². The predicted octanol–water partition coefficient (Wildman–Crippen LogP) is 2.30. The molecule has 3 N–H and O–H groups in total. The lowest BCUT2D eigenvalue weighted by atomic mass is 10.1. The number of rotatable bonds is 6. The maximum atomic E-state index is 12.2. The maximum absolute atomic E-state index is 12.2. The van der Waals surface area contributed by atoms with Crippen molar-refractivity contribution in [1.82, 2.24) is 4.98 Å². The molecular weight excluding hydrogens is 266 g/mol. The molecule has 0 unspecified atom stereocenters. The Bertz CT molecular complexity index is 614. The summed E-state index contributed by atoms with van der Waals surface area (Å²) in [4.78, 5) is 16.4. The van der Waals surface area contributed by atoms with Crippen molar-refractivity contribution >= 4 is 17.4 Å². The zero-order valence-electron chi connectivity index (χ0n) is 12.0. The number of hydrogen-bond donors (Lipinski definition) is 3. The van der Waals surface area contributed by atoms with E-state index in [-0.39, 0.29) is 12.5 Å². The average Bonchev–Trinajstić information content (AvgIpc) is 2.53. The molecule has 5 nitrogen and oxygen atoms in total. The van der Waals surface area contributed by atoms with Crippen molar-refractivity contribution in [2.24, 2.45) is 0 Å². The summed E-state index contributed by atoms with van der Waals surface area (Å²) in [5.74, 6) is 0.408. The van der Waals surface area contributed by atoms with Gasteiger partial charge in [0.05, 0.1) is 0 Å². The average molecular weight is 285 g/mol. The Morgan fingerprint density at radius 2 is 2.05 bits per heavy atom. The van der Waals surface area contributed by atoms with Gasteiger partial charge in [-0.05, 0) is 42.7 Å². The van der Waals surface area contributed by atoms with Gasteiger partial charge in [-0.15, -0.1) is 0 Å². The number of aliphatic hydroxyl groups is 1. The molecular formula is C16H19N3O2. The van der Waals surface area contributed by atoms with Crippen molar-refractivity contribution < 1.29 is 9.90 Å². The minimum Gasteiger partial charge on any atom is -0.396 e. The van der Waals surface area contributed by atoms with Gasteiger partial charge in [0.15, 0.2) is 0 Å². The topological polar surface area (TPSA) is 74.2 Å². The SMILES string of the molecule is CNc1cccc(C(=O)Nc2cccc(CCCO)c2)n1. The number of nitrogens with zero attached hydrogens (tertiary/aromatic N) is 1. The summed E-state index contributed by atoms with van der Waals surface area (Å²) in [7, 11) is 1.76. The van der Waals surface area contributed by atoms with Crippen molar-refractivity contribution in [3.8, 4) is 0 Å². The zero-order chi connectivity index (χ0) is 15.1. The van der Waals surface area contributed by atoms with E-state index in [0.29, 0.717) is 17.9 Å². The summed E-state index contributed by atoms with van der Waals surface area (Å²) < 4.78 is 0. The molecule has 0 radical (unpaired) electrons. The first-order chi connectivity index (χ1) is 10.2. The molecule has 0 fully saturated rings. The van der Waals surface area contributed by atoms with Gasteiger partial charge in [0.1, 0.15) is 11.5 Å². The van der Waals surface area contributed by atoms with Crippen LogP contribution >= 0.6 is 0 Å². The number of amides is 1. The molecule has 5 heteroatoms. The second kappa shape index (κ2) is 7.40. The molecule has 2 aromatic rings. The van der Waals surface area contributed by atoms with Gasteiger partial charge in [0.25, 0.3) is 5.91 Å². The molecule has 2 rings (SSSR count). The Labute approximate surface area is 124 Å². The number of hydrogen-bond acceptors (Lipinski definition) is 4. The van der Waals surface area contributed by atoms with Crippen LogP contribution in [0.1, 0.15) is 22.5 Å². The van der Waals surface area contributed by atoms with Crippen LogP contribution in [0.4, 0.5) is 11.5 Å². The van der Waals surface area contributed by atoms with Crippen molar-refractivity contribution in [3.63, 3.8) is 0 Å². The highest BCUT2D eigenvalue weighted by Gasteiger charge is 2.08. The lowest BCUT2D eigenvalue weighted by Gasteiger charge is -2.08. The maximum Gasteiger partial charge on any atom is 0.274 e. The first-order valence-electron chi connectivity index (χ1n) is 6.89. The molecule has 0 spiro atoms. The molecule has 0 aliphatic heterocycles. The molecule has 21 heavy (non-hydrogen) atoms. The predicted molar refractivity (Wildman–Crippen MR) is 83.6 cm³/mol. The molecule has 110 valence electrons. The van der Waals surface area contributed by atoms with Crippen LogP contribution in [0.2, 0.25) is 0 Å². The fraction of sp³-hybridized carbons (Fsp3) is 0.250. The summed E-state index contributed by atoms with van der Waals surface area (Å²) in [6.07, 6.45) is 1.50. The first-order valence-corrected chi connectivity index (χ1v) is 6.89. The van der Waals surface area contributed by atoms with Gasteiger partial charge in [-0.25, -0.2) is 4.98 Å². The second-order valence-electron chi connectivity index (χ2n) is 4.64. The van der Waals surface area contributed by atoms with Gasteiger partial charge in [0, 0.05) is 19.3 Å². The highest BCUT2D eigenvalue weighted by Crippen LogP contribution is 2.14. The molecule has 1 amide bonds. The largest absolute Gasteiger partial charge is 0.396 e. The Balaban J connectivity index is 2.08. The van der Waals surface area contributed by atoms with Crippen LogP contribution in [0.3, 0.4) is 0 Å². The molecule has 0 saturated carbocycles. The summed E-state index contributed by atoms with van der Waals surface area (Å²) in [6.45, 7) is 0.164. The van der Waals surface area contributed by atoms with E-state index in [1.165, 1.54) is 0 Å². The Hall–Kier alpha value is -2.40. The minimum atomic E-state index is -0.244. The molecule has 0 aliphatic carbocycles. The number of aryl methyl sites for hydroxylation is 1. The van der Waals surface area contributed by atoms with Gasteiger partial charge in [-0.2, -0.15) is 0 Å². The molecule has 1 aromatic carbocycles. The van der Waals surface area contributed by atoms with Gasteiger partial charge >= 0.3 is 0 Å². The van der Waals surface area contributed by atoms with Gasteiger partial charge < -0.3 is 15.7 Å². The number of carbonyl (C=O) groups is 1. The molecule has 0 bridgehead atoms. The third kappa shape index (κ3) is 4.29. The Morgan fingerprint density at radius 3 is 2.81 bits per heavy atom. The molecule has 0 aliphatic rings. The van der Waals surface area contributed by atoms with Crippen molar-refractivity contribution in [3.05, 3.63) is 53.7 Å². The van der Waals surface area contributed by atoms with Gasteiger partial charge in [0.2, 0.25) is 0 Å². The monoisotopic (exact) mass is 285 g/mol. The third-order valence-corrected chi connectivity index (χ3v) is 3.05. The number of aliphatic hydroxyl groups excluding tert-OH is 1. The van der Waals surface area contributed by atoms with E-state index in [1.807, 2.05) is 24.3 Å². The van der Waals surface area contributed by atoms with Crippen molar-refractivity contribution in [2.45, 2.75) is 12.8 Å². The third-order valence-electron chi connectivity index (χ3n) is 3.05. The highest BCUT2D eigenvalue weighted by atomic mass is 16.2. The summed E-state index contributed by atoms with van der Waals surface area (Å²) in [6, 6.07) is 12.9. The van der Waals surface area contributed by atoms with E-state index >= 15 is 0 Å². The van der Waals surface area contributed by atoms with Crippen LogP contribution in [0, 0.1) is 0 Å². The quantitative estimate of drug-likeness (QED) is 0.761. The highest BCUT2D eigenvalue weighted by molar-refractivity contribution is 6.03. The molecule has 1 aromatic heterocycles. The summed E-state index contributed by atoms with van der Waals surface area (Å²) in [5, 5.41) is 14.6. The van der Waals surface area contributed by atoms with Crippen LogP contribution in [-0.4, -0.2) is 29.7 Å². The van der Waals surface area contributed by atoms with E-state index in [2.05, 4.69) is 15.6 Å². The van der Waals surface area contributed by atoms with Crippen LogP contribution < -0.4 is 10.6 Å². The number of nitrogens with one attached hydrogen (secondary N) is 2. The number of anilines is 2. The standard InChI is InChI=1S/C16H19N3O2/c1-17-15-9-3-8-14(19-15)16(21)18-13-7-2-5-12(11-13)6-4-10-20/h2-3,5,7-9,11,20H,4,6,10H2,1H3,(H,17,19)(H,18,21). The number of pyridine rings is 1. The van der Waals surface area contributed by atoms with E-state index < -0.39 is 0 Å². The van der Waals surface area contributed by atoms with Gasteiger partial charge in [-0.1, -0.05) is 18.2 Å². The number of benzene rings is 1. The second-order valence-corrected chi connectivity index (χ2v) is 4.64. The van der Waals surface area contributed by atoms with Crippen LogP contribution in [0.25, 0.3) is 0 Å². The lowest BCUT2D eigenvalue weighted by molar-refractivity contribution is 0.102. The van der Waals surface area contributed by atoms with E-state index in [0.717, 1.165) is 17.7 Å². The Kier molecular flexibility index (Phi) is 5.29. The van der Waals surface area contributed by atoms with E-state index in [4.69, 9.17) is 5.11 Å². The Morgan fingerprint density at radius 1 is 1.24 bits per heavy atom. The smallest absolute Gasteiger partial charge is 0.274 e. The van der Waals surface area contributed by atoms with Crippen LogP contribution in [-0.2, 0) is 6.42 Å². The minimum absolute atomic E-state index is 0.164.